The van der Waals surface area contributed by atoms with Crippen molar-refractivity contribution in [1.29, 1.82) is 0 Å². The van der Waals surface area contributed by atoms with E-state index in [0.29, 0.717) is 24.8 Å². The smallest absolute Gasteiger partial charge is 0.314 e. The highest BCUT2D eigenvalue weighted by Crippen LogP contribution is 2.53. The SMILES string of the molecule is CCOC(=O)[C@@]1(CC)C[C@H]2CC[C@@H]1N2C(=O)c1ccc2cnccc2c1O. The van der Waals surface area contributed by atoms with Gasteiger partial charge in [0, 0.05) is 35.2 Å². The van der Waals surface area contributed by atoms with Gasteiger partial charge in [-0.2, -0.15) is 0 Å². The van der Waals surface area contributed by atoms with Gasteiger partial charge in [0.2, 0.25) is 0 Å². The van der Waals surface area contributed by atoms with Crippen molar-refractivity contribution in [3.05, 3.63) is 36.2 Å². The van der Waals surface area contributed by atoms with Crippen molar-refractivity contribution in [3.8, 4) is 5.75 Å². The van der Waals surface area contributed by atoms with Gasteiger partial charge in [-0.05, 0) is 44.7 Å². The van der Waals surface area contributed by atoms with E-state index in [-0.39, 0.29) is 35.3 Å². The average Bonchev–Trinajstić information content (AvgIpc) is 3.24. The molecular formula is C21H24N2O4. The van der Waals surface area contributed by atoms with Crippen molar-refractivity contribution in [1.82, 2.24) is 9.88 Å². The quantitative estimate of drug-likeness (QED) is 0.838. The first-order chi connectivity index (χ1) is 13.0. The van der Waals surface area contributed by atoms with Crippen molar-refractivity contribution < 1.29 is 19.4 Å². The molecule has 0 spiro atoms. The number of hydrogen-bond acceptors (Lipinski definition) is 5. The molecule has 3 atom stereocenters. The van der Waals surface area contributed by atoms with Gasteiger partial charge in [0.1, 0.15) is 5.75 Å². The van der Waals surface area contributed by atoms with Gasteiger partial charge < -0.3 is 14.7 Å². The van der Waals surface area contributed by atoms with E-state index in [0.717, 1.165) is 18.2 Å². The zero-order valence-electron chi connectivity index (χ0n) is 15.6. The molecule has 4 rings (SSSR count). The number of carbonyl (C=O) groups excluding carboxylic acids is 2. The molecule has 0 radical (unpaired) electrons. The van der Waals surface area contributed by atoms with Crippen LogP contribution in [0, 0.1) is 5.41 Å². The van der Waals surface area contributed by atoms with E-state index in [1.807, 2.05) is 11.8 Å². The summed E-state index contributed by atoms with van der Waals surface area (Å²) in [4.78, 5) is 31.9. The Morgan fingerprint density at radius 3 is 2.85 bits per heavy atom. The molecule has 1 aromatic carbocycles. The van der Waals surface area contributed by atoms with Crippen LogP contribution in [0.15, 0.2) is 30.6 Å². The van der Waals surface area contributed by atoms with Gasteiger partial charge in [-0.3, -0.25) is 14.6 Å². The van der Waals surface area contributed by atoms with E-state index >= 15 is 0 Å². The molecule has 2 fully saturated rings. The van der Waals surface area contributed by atoms with Crippen LogP contribution in [0.25, 0.3) is 10.8 Å². The van der Waals surface area contributed by atoms with Crippen molar-refractivity contribution in [2.45, 2.75) is 51.6 Å². The lowest BCUT2D eigenvalue weighted by atomic mass is 9.72. The fraction of sp³-hybridized carbons (Fsp3) is 0.476. The van der Waals surface area contributed by atoms with Crippen LogP contribution in [0.4, 0.5) is 0 Å². The monoisotopic (exact) mass is 368 g/mol. The van der Waals surface area contributed by atoms with Crippen molar-refractivity contribution >= 4 is 22.6 Å². The van der Waals surface area contributed by atoms with Gasteiger partial charge in [-0.15, -0.1) is 0 Å². The number of amides is 1. The molecule has 0 aliphatic carbocycles. The second-order valence-corrected chi connectivity index (χ2v) is 7.45. The number of rotatable bonds is 4. The summed E-state index contributed by atoms with van der Waals surface area (Å²) in [6, 6.07) is 4.99. The fourth-order valence-corrected chi connectivity index (χ4v) is 4.97. The Bertz CT molecular complexity index is 912. The summed E-state index contributed by atoms with van der Waals surface area (Å²) in [5.41, 5.74) is -0.355. The molecule has 2 aliphatic rings. The number of carbonyl (C=O) groups is 2. The lowest BCUT2D eigenvalue weighted by molar-refractivity contribution is -0.157. The van der Waals surface area contributed by atoms with E-state index < -0.39 is 5.41 Å². The summed E-state index contributed by atoms with van der Waals surface area (Å²) in [5.74, 6) is -0.436. The predicted octanol–water partition coefficient (Wildman–Crippen LogP) is 3.28. The molecule has 2 aromatic rings. The van der Waals surface area contributed by atoms with Gasteiger partial charge in [-0.25, -0.2) is 0 Å². The topological polar surface area (TPSA) is 79.7 Å². The van der Waals surface area contributed by atoms with Crippen LogP contribution in [-0.2, 0) is 9.53 Å². The minimum Gasteiger partial charge on any atom is -0.506 e. The number of phenols is 1. The lowest BCUT2D eigenvalue weighted by Gasteiger charge is -2.34. The zero-order valence-corrected chi connectivity index (χ0v) is 15.6. The van der Waals surface area contributed by atoms with E-state index in [2.05, 4.69) is 4.98 Å². The zero-order chi connectivity index (χ0) is 19.2. The predicted molar refractivity (Wildman–Crippen MR) is 100 cm³/mol. The van der Waals surface area contributed by atoms with E-state index in [9.17, 15) is 14.7 Å². The minimum absolute atomic E-state index is 0.0133. The number of pyridine rings is 1. The maximum atomic E-state index is 13.4. The number of phenolic OH excluding ortho intramolecular Hbond substituents is 1. The summed E-state index contributed by atoms with van der Waals surface area (Å²) in [6.45, 7) is 4.13. The summed E-state index contributed by atoms with van der Waals surface area (Å²) in [7, 11) is 0. The maximum Gasteiger partial charge on any atom is 0.314 e. The molecule has 2 saturated heterocycles. The molecule has 6 heteroatoms. The van der Waals surface area contributed by atoms with Crippen LogP contribution in [0.1, 0.15) is 49.9 Å². The first-order valence-corrected chi connectivity index (χ1v) is 9.59. The van der Waals surface area contributed by atoms with Crippen molar-refractivity contribution in [2.24, 2.45) is 5.41 Å². The Kier molecular flexibility index (Phi) is 4.29. The number of aromatic nitrogens is 1. The van der Waals surface area contributed by atoms with Crippen molar-refractivity contribution in [3.63, 3.8) is 0 Å². The molecular weight excluding hydrogens is 344 g/mol. The van der Waals surface area contributed by atoms with E-state index in [4.69, 9.17) is 4.74 Å². The van der Waals surface area contributed by atoms with Crippen LogP contribution in [0.5, 0.6) is 5.75 Å². The third kappa shape index (κ3) is 2.50. The Labute approximate surface area is 158 Å². The Hall–Kier alpha value is -2.63. The van der Waals surface area contributed by atoms with Crippen LogP contribution in [-0.4, -0.2) is 45.6 Å². The molecule has 2 aliphatic heterocycles. The van der Waals surface area contributed by atoms with E-state index in [1.54, 1.807) is 37.5 Å². The highest BCUT2D eigenvalue weighted by atomic mass is 16.5. The van der Waals surface area contributed by atoms with Crippen molar-refractivity contribution in [2.75, 3.05) is 6.61 Å². The number of ether oxygens (including phenoxy) is 1. The summed E-state index contributed by atoms with van der Waals surface area (Å²) in [6.07, 6.45) is 6.21. The van der Waals surface area contributed by atoms with Crippen LogP contribution in [0.3, 0.4) is 0 Å². The molecule has 6 nitrogen and oxygen atoms in total. The summed E-state index contributed by atoms with van der Waals surface area (Å²) < 4.78 is 5.35. The van der Waals surface area contributed by atoms with Gasteiger partial charge in [0.25, 0.3) is 5.91 Å². The fourth-order valence-electron chi connectivity index (χ4n) is 4.97. The van der Waals surface area contributed by atoms with Crippen LogP contribution in [0.2, 0.25) is 0 Å². The number of aromatic hydroxyl groups is 1. The maximum absolute atomic E-state index is 13.4. The molecule has 0 unspecified atom stereocenters. The summed E-state index contributed by atoms with van der Waals surface area (Å²) in [5, 5.41) is 12.1. The molecule has 2 bridgehead atoms. The van der Waals surface area contributed by atoms with Crippen LogP contribution < -0.4 is 0 Å². The molecule has 142 valence electrons. The number of nitrogens with zero attached hydrogens (tertiary/aromatic N) is 2. The van der Waals surface area contributed by atoms with Gasteiger partial charge in [0.05, 0.1) is 17.6 Å². The molecule has 1 aromatic heterocycles. The first-order valence-electron chi connectivity index (χ1n) is 9.59. The third-order valence-electron chi connectivity index (χ3n) is 6.31. The number of esters is 1. The number of fused-ring (bicyclic) bond motifs is 3. The lowest BCUT2D eigenvalue weighted by Crippen LogP contribution is -2.45. The molecule has 1 N–H and O–H groups in total. The second kappa shape index (κ2) is 6.51. The Balaban J connectivity index is 1.71. The molecule has 0 saturated carbocycles. The van der Waals surface area contributed by atoms with Crippen LogP contribution >= 0.6 is 0 Å². The second-order valence-electron chi connectivity index (χ2n) is 7.45. The standard InChI is InChI=1S/C21H24N2O4/c1-3-21(20(26)27-4-2)11-14-6-8-17(21)23(14)19(25)16-7-5-13-12-22-10-9-15(13)18(16)24/h5,7,9-10,12,14,17,24H,3-4,6,8,11H2,1-2H3/t14-,17+,21+/m1/s1. The first kappa shape index (κ1) is 17.8. The van der Waals surface area contributed by atoms with Gasteiger partial charge >= 0.3 is 5.97 Å². The number of hydrogen-bond donors (Lipinski definition) is 1. The highest BCUT2D eigenvalue weighted by Gasteiger charge is 2.61. The third-order valence-corrected chi connectivity index (χ3v) is 6.31. The van der Waals surface area contributed by atoms with Gasteiger partial charge in [0.15, 0.2) is 0 Å². The normalized spacial score (nSPS) is 26.5. The molecule has 3 heterocycles. The molecule has 1 amide bonds. The summed E-state index contributed by atoms with van der Waals surface area (Å²) >= 11 is 0. The Morgan fingerprint density at radius 2 is 2.11 bits per heavy atom. The number of benzene rings is 1. The largest absolute Gasteiger partial charge is 0.506 e. The highest BCUT2D eigenvalue weighted by molar-refractivity contribution is 6.04. The average molecular weight is 368 g/mol. The Morgan fingerprint density at radius 1 is 1.30 bits per heavy atom. The molecule has 27 heavy (non-hydrogen) atoms. The van der Waals surface area contributed by atoms with Gasteiger partial charge in [-0.1, -0.05) is 13.0 Å². The van der Waals surface area contributed by atoms with E-state index in [1.165, 1.54) is 0 Å². The minimum atomic E-state index is -0.634.